The van der Waals surface area contributed by atoms with Crippen molar-refractivity contribution in [2.24, 2.45) is 0 Å². The van der Waals surface area contributed by atoms with Crippen LogP contribution in [0.2, 0.25) is 0 Å². The Labute approximate surface area is 175 Å². The molecule has 0 aliphatic rings. The molecular formula is C24H23N3O3. The van der Waals surface area contributed by atoms with Crippen molar-refractivity contribution in [2.45, 2.75) is 20.1 Å². The van der Waals surface area contributed by atoms with Gasteiger partial charge in [-0.05, 0) is 55.0 Å². The van der Waals surface area contributed by atoms with Crippen LogP contribution < -0.4 is 4.74 Å². The van der Waals surface area contributed by atoms with E-state index in [0.717, 1.165) is 34.2 Å². The number of ether oxygens (including phenoxy) is 1. The number of benzene rings is 1. The second-order valence-corrected chi connectivity index (χ2v) is 7.10. The minimum Gasteiger partial charge on any atom is -0.487 e. The lowest BCUT2D eigenvalue weighted by atomic mass is 10.2. The Balaban J connectivity index is 1.30. The number of furan rings is 1. The Morgan fingerprint density at radius 3 is 2.73 bits per heavy atom. The van der Waals surface area contributed by atoms with Crippen molar-refractivity contribution in [3.05, 3.63) is 95.8 Å². The van der Waals surface area contributed by atoms with Crippen molar-refractivity contribution in [3.63, 3.8) is 0 Å². The number of likely N-dealkylation sites (N-methyl/N-ethyl adjacent to an activating group) is 1. The standard InChI is InChI=1S/C24H23N3O3/c1-18-6-10-22(30-18)16-26(2)24(28)13-9-19-7-11-21(12-8-19)29-17-20-15-27-14-4-3-5-23(27)25-20/h3-15H,16-17H2,1-2H3. The normalized spacial score (nSPS) is 11.3. The second kappa shape index (κ2) is 8.69. The van der Waals surface area contributed by atoms with Gasteiger partial charge in [-0.15, -0.1) is 0 Å². The first kappa shape index (κ1) is 19.5. The average molecular weight is 401 g/mol. The van der Waals surface area contributed by atoms with Gasteiger partial charge >= 0.3 is 0 Å². The Kier molecular flexibility index (Phi) is 5.66. The van der Waals surface area contributed by atoms with E-state index in [2.05, 4.69) is 4.98 Å². The zero-order valence-electron chi connectivity index (χ0n) is 17.0. The number of imidazole rings is 1. The summed E-state index contributed by atoms with van der Waals surface area (Å²) in [6, 6.07) is 17.3. The van der Waals surface area contributed by atoms with Crippen LogP contribution in [0.5, 0.6) is 5.75 Å². The van der Waals surface area contributed by atoms with Crippen LogP contribution in [0, 0.1) is 6.92 Å². The maximum absolute atomic E-state index is 12.3. The Morgan fingerprint density at radius 2 is 2.00 bits per heavy atom. The summed E-state index contributed by atoms with van der Waals surface area (Å²) >= 11 is 0. The van der Waals surface area contributed by atoms with E-state index >= 15 is 0 Å². The van der Waals surface area contributed by atoms with Crippen LogP contribution in [0.25, 0.3) is 11.7 Å². The molecule has 4 aromatic rings. The van der Waals surface area contributed by atoms with Crippen molar-refractivity contribution < 1.29 is 13.9 Å². The lowest BCUT2D eigenvalue weighted by molar-refractivity contribution is -0.125. The molecule has 30 heavy (non-hydrogen) atoms. The fourth-order valence-electron chi connectivity index (χ4n) is 3.07. The number of hydrogen-bond acceptors (Lipinski definition) is 4. The largest absolute Gasteiger partial charge is 0.487 e. The van der Waals surface area contributed by atoms with Gasteiger partial charge < -0.3 is 18.5 Å². The molecule has 0 atom stereocenters. The summed E-state index contributed by atoms with van der Waals surface area (Å²) in [5, 5.41) is 0. The molecule has 0 spiro atoms. The van der Waals surface area contributed by atoms with Crippen molar-refractivity contribution in [1.29, 1.82) is 0 Å². The molecule has 3 heterocycles. The van der Waals surface area contributed by atoms with Gasteiger partial charge in [0, 0.05) is 25.5 Å². The molecule has 1 aromatic carbocycles. The van der Waals surface area contributed by atoms with E-state index in [1.54, 1.807) is 24.1 Å². The fraction of sp³-hybridized carbons (Fsp3) is 0.167. The van der Waals surface area contributed by atoms with Crippen LogP contribution in [-0.2, 0) is 17.9 Å². The summed E-state index contributed by atoms with van der Waals surface area (Å²) in [7, 11) is 1.75. The third-order valence-electron chi connectivity index (χ3n) is 4.66. The Bertz CT molecular complexity index is 1140. The SMILES string of the molecule is Cc1ccc(CN(C)C(=O)C=Cc2ccc(OCc3cn4ccccc4n3)cc2)o1. The summed E-state index contributed by atoms with van der Waals surface area (Å²) in [5.74, 6) is 2.27. The van der Waals surface area contributed by atoms with Crippen LogP contribution in [-0.4, -0.2) is 27.2 Å². The summed E-state index contributed by atoms with van der Waals surface area (Å²) in [5.41, 5.74) is 2.68. The van der Waals surface area contributed by atoms with E-state index in [9.17, 15) is 4.79 Å². The summed E-state index contributed by atoms with van der Waals surface area (Å²) in [6.07, 6.45) is 7.26. The molecule has 0 saturated carbocycles. The lowest BCUT2D eigenvalue weighted by Crippen LogP contribution is -2.23. The topological polar surface area (TPSA) is 60.0 Å². The molecule has 0 saturated heterocycles. The zero-order valence-corrected chi connectivity index (χ0v) is 17.0. The van der Waals surface area contributed by atoms with E-state index in [1.165, 1.54) is 0 Å². The van der Waals surface area contributed by atoms with E-state index in [-0.39, 0.29) is 5.91 Å². The number of hydrogen-bond donors (Lipinski definition) is 0. The van der Waals surface area contributed by atoms with E-state index in [4.69, 9.17) is 9.15 Å². The number of carbonyl (C=O) groups excluding carboxylic acids is 1. The zero-order chi connectivity index (χ0) is 20.9. The molecule has 0 radical (unpaired) electrons. The third-order valence-corrected chi connectivity index (χ3v) is 4.66. The average Bonchev–Trinajstić information content (AvgIpc) is 3.36. The van der Waals surface area contributed by atoms with E-state index in [0.29, 0.717) is 13.2 Å². The molecule has 0 aliphatic carbocycles. The Hall–Kier alpha value is -3.80. The van der Waals surface area contributed by atoms with Crippen molar-refractivity contribution >= 4 is 17.6 Å². The van der Waals surface area contributed by atoms with Crippen molar-refractivity contribution in [3.8, 4) is 5.75 Å². The van der Waals surface area contributed by atoms with Crippen LogP contribution >= 0.6 is 0 Å². The first-order valence-corrected chi connectivity index (χ1v) is 9.71. The predicted octanol–water partition coefficient (Wildman–Crippen LogP) is 4.49. The molecule has 4 rings (SSSR count). The van der Waals surface area contributed by atoms with Crippen LogP contribution in [0.15, 0.2) is 77.5 Å². The number of rotatable bonds is 7. The maximum Gasteiger partial charge on any atom is 0.246 e. The van der Waals surface area contributed by atoms with Gasteiger partial charge in [-0.25, -0.2) is 4.98 Å². The van der Waals surface area contributed by atoms with Crippen molar-refractivity contribution in [1.82, 2.24) is 14.3 Å². The molecule has 6 heteroatoms. The number of nitrogens with zero attached hydrogens (tertiary/aromatic N) is 3. The van der Waals surface area contributed by atoms with Gasteiger partial charge in [0.05, 0.1) is 12.2 Å². The molecule has 0 bridgehead atoms. The predicted molar refractivity (Wildman–Crippen MR) is 115 cm³/mol. The highest BCUT2D eigenvalue weighted by Gasteiger charge is 2.08. The smallest absolute Gasteiger partial charge is 0.246 e. The first-order valence-electron chi connectivity index (χ1n) is 9.71. The van der Waals surface area contributed by atoms with Gasteiger partial charge in [0.2, 0.25) is 5.91 Å². The number of aryl methyl sites for hydroxylation is 1. The molecule has 0 unspecified atom stereocenters. The highest BCUT2D eigenvalue weighted by Crippen LogP contribution is 2.16. The molecule has 152 valence electrons. The quantitative estimate of drug-likeness (QED) is 0.428. The molecule has 0 fully saturated rings. The fourth-order valence-corrected chi connectivity index (χ4v) is 3.07. The molecule has 6 nitrogen and oxygen atoms in total. The monoisotopic (exact) mass is 401 g/mol. The van der Waals surface area contributed by atoms with Gasteiger partial charge in [0.25, 0.3) is 0 Å². The number of pyridine rings is 1. The summed E-state index contributed by atoms with van der Waals surface area (Å²) < 4.78 is 13.3. The molecule has 0 aliphatic heterocycles. The Morgan fingerprint density at radius 1 is 1.17 bits per heavy atom. The summed E-state index contributed by atoms with van der Waals surface area (Å²) in [4.78, 5) is 18.4. The minimum absolute atomic E-state index is 0.0868. The first-order chi connectivity index (χ1) is 14.6. The number of carbonyl (C=O) groups is 1. The van der Waals surface area contributed by atoms with Gasteiger partial charge in [0.1, 0.15) is 29.5 Å². The minimum atomic E-state index is -0.0868. The number of amides is 1. The van der Waals surface area contributed by atoms with Gasteiger partial charge in [-0.1, -0.05) is 18.2 Å². The van der Waals surface area contributed by atoms with Gasteiger partial charge in [-0.2, -0.15) is 0 Å². The van der Waals surface area contributed by atoms with Gasteiger partial charge in [0.15, 0.2) is 0 Å². The van der Waals surface area contributed by atoms with Crippen LogP contribution in [0.4, 0.5) is 0 Å². The third kappa shape index (κ3) is 4.78. The highest BCUT2D eigenvalue weighted by molar-refractivity contribution is 5.91. The lowest BCUT2D eigenvalue weighted by Gasteiger charge is -2.13. The number of aromatic nitrogens is 2. The molecular weight excluding hydrogens is 378 g/mol. The van der Waals surface area contributed by atoms with E-state index in [1.807, 2.05) is 78.3 Å². The van der Waals surface area contributed by atoms with Gasteiger partial charge in [-0.3, -0.25) is 4.79 Å². The highest BCUT2D eigenvalue weighted by atomic mass is 16.5. The maximum atomic E-state index is 12.3. The number of fused-ring (bicyclic) bond motifs is 1. The van der Waals surface area contributed by atoms with E-state index < -0.39 is 0 Å². The second-order valence-electron chi connectivity index (χ2n) is 7.10. The molecule has 0 N–H and O–H groups in total. The molecule has 3 aromatic heterocycles. The van der Waals surface area contributed by atoms with Crippen LogP contribution in [0.3, 0.4) is 0 Å². The molecule has 1 amide bonds. The van der Waals surface area contributed by atoms with Crippen molar-refractivity contribution in [2.75, 3.05) is 7.05 Å². The summed E-state index contributed by atoms with van der Waals surface area (Å²) in [6.45, 7) is 2.72. The van der Waals surface area contributed by atoms with Crippen LogP contribution in [0.1, 0.15) is 22.8 Å².